The van der Waals surface area contributed by atoms with Crippen molar-refractivity contribution in [1.29, 1.82) is 0 Å². The number of hydrazine groups is 1. The molecule has 9 heteroatoms. The molecule has 0 spiro atoms. The standard InChI is InChI=1S/C15H17ClN6O2/c16-11-3-1-10(2-4-11)15(24)21-7-5-12(6-8-21)22-9-13(19-20-22)14(23)18-17/h1-4,9,12H,5-8,17H2,(H,18,23). The van der Waals surface area contributed by atoms with Gasteiger partial charge in [0.15, 0.2) is 5.69 Å². The lowest BCUT2D eigenvalue weighted by Gasteiger charge is -2.31. The lowest BCUT2D eigenvalue weighted by atomic mass is 10.0. The van der Waals surface area contributed by atoms with Gasteiger partial charge in [0.1, 0.15) is 0 Å². The lowest BCUT2D eigenvalue weighted by Crippen LogP contribution is -2.39. The van der Waals surface area contributed by atoms with Crippen LogP contribution in [0.2, 0.25) is 5.02 Å². The Hall–Kier alpha value is -2.45. The van der Waals surface area contributed by atoms with Gasteiger partial charge in [-0.25, -0.2) is 10.5 Å². The number of aromatic nitrogens is 3. The third kappa shape index (κ3) is 3.39. The van der Waals surface area contributed by atoms with Crippen LogP contribution in [-0.4, -0.2) is 44.8 Å². The zero-order valence-corrected chi connectivity index (χ0v) is 13.6. The Bertz CT molecular complexity index is 737. The third-order valence-electron chi connectivity index (χ3n) is 4.09. The summed E-state index contributed by atoms with van der Waals surface area (Å²) in [6, 6.07) is 6.98. The van der Waals surface area contributed by atoms with Crippen molar-refractivity contribution in [2.24, 2.45) is 5.84 Å². The van der Waals surface area contributed by atoms with Crippen LogP contribution in [-0.2, 0) is 0 Å². The van der Waals surface area contributed by atoms with Crippen molar-refractivity contribution in [3.63, 3.8) is 0 Å². The van der Waals surface area contributed by atoms with Gasteiger partial charge in [0, 0.05) is 23.7 Å². The molecule has 8 nitrogen and oxygen atoms in total. The summed E-state index contributed by atoms with van der Waals surface area (Å²) in [6.45, 7) is 1.23. The molecule has 2 amide bonds. The van der Waals surface area contributed by atoms with Crippen LogP contribution in [0.25, 0.3) is 0 Å². The van der Waals surface area contributed by atoms with Gasteiger partial charge in [-0.05, 0) is 37.1 Å². The number of nitrogen functional groups attached to an aromatic ring is 1. The van der Waals surface area contributed by atoms with Crippen molar-refractivity contribution in [1.82, 2.24) is 25.3 Å². The van der Waals surface area contributed by atoms with Crippen LogP contribution in [0, 0.1) is 0 Å². The smallest absolute Gasteiger partial charge is 0.287 e. The topological polar surface area (TPSA) is 106 Å². The number of nitrogens with one attached hydrogen (secondary N) is 1. The maximum atomic E-state index is 12.5. The Morgan fingerprint density at radius 3 is 2.50 bits per heavy atom. The highest BCUT2D eigenvalue weighted by atomic mass is 35.5. The molecule has 1 saturated heterocycles. The van der Waals surface area contributed by atoms with E-state index in [1.165, 1.54) is 0 Å². The largest absolute Gasteiger partial charge is 0.338 e. The molecular formula is C15H17ClN6O2. The Labute approximate surface area is 143 Å². The Kier molecular flexibility index (Phi) is 4.77. The lowest BCUT2D eigenvalue weighted by molar-refractivity contribution is 0.0689. The van der Waals surface area contributed by atoms with E-state index in [2.05, 4.69) is 10.3 Å². The normalized spacial score (nSPS) is 15.3. The molecule has 0 bridgehead atoms. The van der Waals surface area contributed by atoms with Gasteiger partial charge in [-0.1, -0.05) is 16.8 Å². The molecular weight excluding hydrogens is 332 g/mol. The summed E-state index contributed by atoms with van der Waals surface area (Å²) in [5, 5.41) is 8.38. The number of carbonyl (C=O) groups excluding carboxylic acids is 2. The average Bonchev–Trinajstić information content (AvgIpc) is 3.11. The minimum absolute atomic E-state index is 0.00749. The first-order chi connectivity index (χ1) is 11.6. The van der Waals surface area contributed by atoms with Crippen molar-refractivity contribution in [2.75, 3.05) is 13.1 Å². The van der Waals surface area contributed by atoms with Crippen LogP contribution in [0.3, 0.4) is 0 Å². The molecule has 0 saturated carbocycles. The maximum absolute atomic E-state index is 12.5. The highest BCUT2D eigenvalue weighted by molar-refractivity contribution is 6.30. The molecule has 0 unspecified atom stereocenters. The molecule has 2 heterocycles. The maximum Gasteiger partial charge on any atom is 0.287 e. The quantitative estimate of drug-likeness (QED) is 0.489. The van der Waals surface area contributed by atoms with Crippen molar-refractivity contribution in [3.8, 4) is 0 Å². The molecule has 24 heavy (non-hydrogen) atoms. The summed E-state index contributed by atoms with van der Waals surface area (Å²) in [5.74, 6) is 4.60. The van der Waals surface area contributed by atoms with Crippen LogP contribution < -0.4 is 11.3 Å². The fourth-order valence-electron chi connectivity index (χ4n) is 2.74. The summed E-state index contributed by atoms with van der Waals surface area (Å²) < 4.78 is 1.66. The van der Waals surface area contributed by atoms with Crippen molar-refractivity contribution >= 4 is 23.4 Å². The first-order valence-corrected chi connectivity index (χ1v) is 7.94. The number of benzene rings is 1. The molecule has 1 aliphatic heterocycles. The summed E-state index contributed by atoms with van der Waals surface area (Å²) >= 11 is 5.85. The number of hydrogen-bond acceptors (Lipinski definition) is 5. The molecule has 3 N–H and O–H groups in total. The zero-order chi connectivity index (χ0) is 17.1. The summed E-state index contributed by atoms with van der Waals surface area (Å²) in [7, 11) is 0. The van der Waals surface area contributed by atoms with E-state index < -0.39 is 5.91 Å². The van der Waals surface area contributed by atoms with Crippen LogP contribution in [0.15, 0.2) is 30.5 Å². The van der Waals surface area contributed by atoms with E-state index in [1.54, 1.807) is 35.1 Å². The minimum Gasteiger partial charge on any atom is -0.338 e. The Balaban J connectivity index is 1.61. The predicted octanol–water partition coefficient (Wildman–Crippen LogP) is 1.01. The Morgan fingerprint density at radius 1 is 1.21 bits per heavy atom. The van der Waals surface area contributed by atoms with Crippen molar-refractivity contribution in [3.05, 3.63) is 46.7 Å². The average molecular weight is 349 g/mol. The van der Waals surface area contributed by atoms with Crippen LogP contribution in [0.1, 0.15) is 39.7 Å². The molecule has 0 atom stereocenters. The number of halogens is 1. The first kappa shape index (κ1) is 16.4. The number of likely N-dealkylation sites (tertiary alicyclic amines) is 1. The molecule has 126 valence electrons. The summed E-state index contributed by atoms with van der Waals surface area (Å²) in [6.07, 6.45) is 3.06. The first-order valence-electron chi connectivity index (χ1n) is 7.56. The van der Waals surface area contributed by atoms with Crippen LogP contribution in [0.5, 0.6) is 0 Å². The van der Waals surface area contributed by atoms with Crippen molar-refractivity contribution in [2.45, 2.75) is 18.9 Å². The van der Waals surface area contributed by atoms with Gasteiger partial charge in [-0.15, -0.1) is 5.10 Å². The third-order valence-corrected chi connectivity index (χ3v) is 4.34. The van der Waals surface area contributed by atoms with Crippen LogP contribution >= 0.6 is 11.6 Å². The minimum atomic E-state index is -0.475. The van der Waals surface area contributed by atoms with E-state index >= 15 is 0 Å². The SMILES string of the molecule is NNC(=O)c1cn(C2CCN(C(=O)c3ccc(Cl)cc3)CC2)nn1. The fraction of sp³-hybridized carbons (Fsp3) is 0.333. The molecule has 1 fully saturated rings. The van der Waals surface area contributed by atoms with E-state index in [-0.39, 0.29) is 17.6 Å². The van der Waals surface area contributed by atoms with Gasteiger partial charge in [-0.2, -0.15) is 0 Å². The second kappa shape index (κ2) is 6.98. The number of amides is 2. The molecule has 3 rings (SSSR count). The van der Waals surface area contributed by atoms with Gasteiger partial charge in [0.25, 0.3) is 11.8 Å². The van der Waals surface area contributed by atoms with E-state index in [0.29, 0.717) is 23.7 Å². The second-order valence-corrected chi connectivity index (χ2v) is 6.02. The van der Waals surface area contributed by atoms with Gasteiger partial charge >= 0.3 is 0 Å². The molecule has 1 aliphatic rings. The number of piperidine rings is 1. The van der Waals surface area contributed by atoms with Crippen LogP contribution in [0.4, 0.5) is 0 Å². The molecule has 1 aromatic carbocycles. The number of hydrogen-bond donors (Lipinski definition) is 2. The number of rotatable bonds is 3. The monoisotopic (exact) mass is 348 g/mol. The molecule has 2 aromatic rings. The number of nitrogens with two attached hydrogens (primary N) is 1. The summed E-state index contributed by atoms with van der Waals surface area (Å²) in [5.41, 5.74) is 2.83. The van der Waals surface area contributed by atoms with Gasteiger partial charge in [0.2, 0.25) is 0 Å². The van der Waals surface area contributed by atoms with E-state index in [0.717, 1.165) is 12.8 Å². The van der Waals surface area contributed by atoms with E-state index in [1.807, 2.05) is 10.3 Å². The highest BCUT2D eigenvalue weighted by Gasteiger charge is 2.25. The van der Waals surface area contributed by atoms with E-state index in [4.69, 9.17) is 17.4 Å². The number of carbonyl (C=O) groups is 2. The summed E-state index contributed by atoms with van der Waals surface area (Å²) in [4.78, 5) is 25.7. The van der Waals surface area contributed by atoms with Gasteiger partial charge in [0.05, 0.1) is 12.2 Å². The predicted molar refractivity (Wildman–Crippen MR) is 87.3 cm³/mol. The Morgan fingerprint density at radius 2 is 1.88 bits per heavy atom. The number of nitrogens with zero attached hydrogens (tertiary/aromatic N) is 4. The second-order valence-electron chi connectivity index (χ2n) is 5.59. The fourth-order valence-corrected chi connectivity index (χ4v) is 2.87. The molecule has 0 aliphatic carbocycles. The zero-order valence-electron chi connectivity index (χ0n) is 12.9. The van der Waals surface area contributed by atoms with Gasteiger partial charge < -0.3 is 4.90 Å². The molecule has 0 radical (unpaired) electrons. The molecule has 1 aromatic heterocycles. The van der Waals surface area contributed by atoms with E-state index in [9.17, 15) is 9.59 Å². The van der Waals surface area contributed by atoms with Crippen molar-refractivity contribution < 1.29 is 9.59 Å². The highest BCUT2D eigenvalue weighted by Crippen LogP contribution is 2.23. The van der Waals surface area contributed by atoms with Gasteiger partial charge in [-0.3, -0.25) is 15.0 Å².